The Morgan fingerprint density at radius 2 is 2.24 bits per heavy atom. The van der Waals surface area contributed by atoms with Gasteiger partial charge in [-0.3, -0.25) is 0 Å². The molecule has 1 aliphatic carbocycles. The van der Waals surface area contributed by atoms with Crippen molar-refractivity contribution in [3.05, 3.63) is 16.5 Å². The van der Waals surface area contributed by atoms with Gasteiger partial charge < -0.3 is 0 Å². The van der Waals surface area contributed by atoms with Crippen molar-refractivity contribution in [2.45, 2.75) is 36.0 Å². The average Bonchev–Trinajstić information content (AvgIpc) is 2.99. The second kappa shape index (κ2) is 4.34. The molecule has 6 nitrogen and oxygen atoms in total. The summed E-state index contributed by atoms with van der Waals surface area (Å²) in [4.78, 5) is 8.51. The van der Waals surface area contributed by atoms with E-state index in [1.54, 1.807) is 0 Å². The lowest BCUT2D eigenvalue weighted by molar-refractivity contribution is 0.565. The number of tetrazole rings is 1. The van der Waals surface area contributed by atoms with Gasteiger partial charge in [-0.1, -0.05) is 0 Å². The molecule has 2 aromatic rings. The number of hydrogen-bond donors (Lipinski definition) is 0. The molecule has 0 spiro atoms. The third kappa shape index (κ3) is 2.47. The van der Waals surface area contributed by atoms with Gasteiger partial charge in [-0.2, -0.15) is 0 Å². The third-order valence-corrected chi connectivity index (χ3v) is 3.61. The Morgan fingerprint density at radius 1 is 1.41 bits per heavy atom. The van der Waals surface area contributed by atoms with Gasteiger partial charge >= 0.3 is 0 Å². The minimum atomic E-state index is 0.471. The number of hydrogen-bond acceptors (Lipinski definition) is 6. The zero-order valence-electron chi connectivity index (χ0n) is 9.04. The Morgan fingerprint density at radius 3 is 2.94 bits per heavy atom. The van der Waals surface area contributed by atoms with Gasteiger partial charge in [0.25, 0.3) is 0 Å². The molecule has 0 aromatic carbocycles. The molecular weight excluding hydrogens is 304 g/mol. The zero-order chi connectivity index (χ0) is 11.8. The van der Waals surface area contributed by atoms with Gasteiger partial charge in [0.15, 0.2) is 0 Å². The SMILES string of the molecule is Cc1nc(Br)cc(Sc2nnnn2C2CC2)n1. The monoisotopic (exact) mass is 312 g/mol. The Hall–Kier alpha value is -1.02. The molecule has 0 atom stereocenters. The van der Waals surface area contributed by atoms with E-state index in [1.807, 2.05) is 17.7 Å². The van der Waals surface area contributed by atoms with Crippen LogP contribution in [0, 0.1) is 6.92 Å². The smallest absolute Gasteiger partial charge is 0.215 e. The van der Waals surface area contributed by atoms with E-state index in [9.17, 15) is 0 Å². The molecule has 0 aliphatic heterocycles. The van der Waals surface area contributed by atoms with Crippen LogP contribution in [-0.4, -0.2) is 30.2 Å². The first-order chi connectivity index (χ1) is 8.22. The molecule has 0 unspecified atom stereocenters. The van der Waals surface area contributed by atoms with Crippen LogP contribution in [0.3, 0.4) is 0 Å². The summed E-state index contributed by atoms with van der Waals surface area (Å²) in [5.41, 5.74) is 0. The molecule has 1 saturated carbocycles. The highest BCUT2D eigenvalue weighted by atomic mass is 79.9. The van der Waals surface area contributed by atoms with Crippen molar-refractivity contribution in [2.24, 2.45) is 0 Å². The topological polar surface area (TPSA) is 69.4 Å². The highest BCUT2D eigenvalue weighted by molar-refractivity contribution is 9.10. The fourth-order valence-electron chi connectivity index (χ4n) is 1.45. The number of aryl methyl sites for hydroxylation is 1. The summed E-state index contributed by atoms with van der Waals surface area (Å²) in [6.45, 7) is 1.86. The molecule has 1 aliphatic rings. The normalized spacial score (nSPS) is 15.2. The van der Waals surface area contributed by atoms with E-state index in [0.29, 0.717) is 6.04 Å². The van der Waals surface area contributed by atoms with Crippen LogP contribution < -0.4 is 0 Å². The quantitative estimate of drug-likeness (QED) is 0.808. The minimum Gasteiger partial charge on any atom is -0.226 e. The summed E-state index contributed by atoms with van der Waals surface area (Å²) >= 11 is 4.82. The Balaban J connectivity index is 1.88. The highest BCUT2D eigenvalue weighted by Gasteiger charge is 2.28. The maximum atomic E-state index is 4.34. The van der Waals surface area contributed by atoms with E-state index < -0.39 is 0 Å². The molecular formula is C9H9BrN6S. The van der Waals surface area contributed by atoms with Gasteiger partial charge in [0, 0.05) is 6.07 Å². The molecule has 88 valence electrons. The summed E-state index contributed by atoms with van der Waals surface area (Å²) in [5, 5.41) is 13.4. The van der Waals surface area contributed by atoms with Crippen LogP contribution in [0.2, 0.25) is 0 Å². The lowest BCUT2D eigenvalue weighted by Gasteiger charge is -2.02. The third-order valence-electron chi connectivity index (χ3n) is 2.33. The standard InChI is InChI=1S/C9H9BrN6S/c1-5-11-7(10)4-8(12-5)17-9-13-14-15-16(9)6-2-3-6/h4,6H,2-3H2,1H3. The van der Waals surface area contributed by atoms with Crippen molar-refractivity contribution in [1.82, 2.24) is 30.2 Å². The first-order valence-corrected chi connectivity index (χ1v) is 6.80. The Labute approximate surface area is 110 Å². The maximum absolute atomic E-state index is 4.34. The number of halogens is 1. The van der Waals surface area contributed by atoms with E-state index in [4.69, 9.17) is 0 Å². The second-order valence-corrected chi connectivity index (χ2v) is 5.62. The summed E-state index contributed by atoms with van der Waals surface area (Å²) in [7, 11) is 0. The summed E-state index contributed by atoms with van der Waals surface area (Å²) in [5.74, 6) is 0.729. The highest BCUT2D eigenvalue weighted by Crippen LogP contribution is 2.37. The molecule has 0 bridgehead atoms. The van der Waals surface area contributed by atoms with Crippen LogP contribution in [0.1, 0.15) is 24.7 Å². The molecule has 3 rings (SSSR count). The van der Waals surface area contributed by atoms with Gasteiger partial charge in [-0.05, 0) is 57.9 Å². The van der Waals surface area contributed by atoms with Gasteiger partial charge in [-0.15, -0.1) is 5.10 Å². The van der Waals surface area contributed by atoms with Crippen LogP contribution in [0.5, 0.6) is 0 Å². The first kappa shape index (κ1) is 11.1. The van der Waals surface area contributed by atoms with Crippen LogP contribution in [-0.2, 0) is 0 Å². The van der Waals surface area contributed by atoms with E-state index in [2.05, 4.69) is 41.4 Å². The van der Waals surface area contributed by atoms with Gasteiger partial charge in [-0.25, -0.2) is 14.6 Å². The lowest BCUT2D eigenvalue weighted by Crippen LogP contribution is -1.99. The van der Waals surface area contributed by atoms with Crippen LogP contribution in [0.25, 0.3) is 0 Å². The molecule has 0 radical (unpaired) electrons. The Bertz CT molecular complexity index is 532. The van der Waals surface area contributed by atoms with Gasteiger partial charge in [0.1, 0.15) is 15.5 Å². The molecule has 2 heterocycles. The number of nitrogens with zero attached hydrogens (tertiary/aromatic N) is 6. The van der Waals surface area contributed by atoms with Crippen molar-refractivity contribution >= 4 is 27.7 Å². The fraction of sp³-hybridized carbons (Fsp3) is 0.444. The van der Waals surface area contributed by atoms with Gasteiger partial charge in [0.05, 0.1) is 6.04 Å². The first-order valence-electron chi connectivity index (χ1n) is 5.19. The second-order valence-electron chi connectivity index (χ2n) is 3.82. The van der Waals surface area contributed by atoms with Crippen molar-refractivity contribution in [3.63, 3.8) is 0 Å². The summed E-state index contributed by atoms with van der Waals surface area (Å²) < 4.78 is 2.65. The molecule has 0 saturated heterocycles. The number of aromatic nitrogens is 6. The van der Waals surface area contributed by atoms with E-state index in [-0.39, 0.29) is 0 Å². The van der Waals surface area contributed by atoms with E-state index in [0.717, 1.165) is 33.5 Å². The van der Waals surface area contributed by atoms with Crippen molar-refractivity contribution in [2.75, 3.05) is 0 Å². The van der Waals surface area contributed by atoms with E-state index in [1.165, 1.54) is 11.8 Å². The zero-order valence-corrected chi connectivity index (χ0v) is 11.4. The molecule has 0 N–H and O–H groups in total. The average molecular weight is 313 g/mol. The predicted octanol–water partition coefficient (Wildman–Crippen LogP) is 2.02. The van der Waals surface area contributed by atoms with E-state index >= 15 is 0 Å². The Kier molecular flexibility index (Phi) is 2.83. The summed E-state index contributed by atoms with van der Waals surface area (Å²) in [6, 6.07) is 2.34. The molecule has 1 fully saturated rings. The van der Waals surface area contributed by atoms with Crippen LogP contribution in [0.4, 0.5) is 0 Å². The van der Waals surface area contributed by atoms with Crippen LogP contribution >= 0.6 is 27.7 Å². The van der Waals surface area contributed by atoms with Crippen molar-refractivity contribution < 1.29 is 0 Å². The molecule has 17 heavy (non-hydrogen) atoms. The van der Waals surface area contributed by atoms with Crippen LogP contribution in [0.15, 0.2) is 20.9 Å². The molecule has 8 heteroatoms. The largest absolute Gasteiger partial charge is 0.226 e. The number of rotatable bonds is 3. The minimum absolute atomic E-state index is 0.471. The van der Waals surface area contributed by atoms with Crippen molar-refractivity contribution in [1.29, 1.82) is 0 Å². The fourth-order valence-corrected chi connectivity index (χ4v) is 2.97. The predicted molar refractivity (Wildman–Crippen MR) is 64.7 cm³/mol. The summed E-state index contributed by atoms with van der Waals surface area (Å²) in [6.07, 6.45) is 2.32. The molecule has 0 amide bonds. The molecule has 2 aromatic heterocycles. The van der Waals surface area contributed by atoms with Crippen molar-refractivity contribution in [3.8, 4) is 0 Å². The van der Waals surface area contributed by atoms with Gasteiger partial charge in [0.2, 0.25) is 5.16 Å². The lowest BCUT2D eigenvalue weighted by atomic mass is 10.6. The maximum Gasteiger partial charge on any atom is 0.215 e.